The fraction of sp³-hybridized carbons (Fsp3) is 0.307. The largest absolute Gasteiger partial charge is 0.0874 e. The van der Waals surface area contributed by atoms with E-state index in [1.54, 1.807) is 0 Å². The van der Waals surface area contributed by atoms with Gasteiger partial charge in [0.15, 0.2) is 0 Å². The van der Waals surface area contributed by atoms with Crippen molar-refractivity contribution in [3.8, 4) is 55.6 Å². The fourth-order valence-corrected chi connectivity index (χ4v) is 8.41. The second-order valence-electron chi connectivity index (χ2n) is 19.0. The Labute approximate surface area is 459 Å². The van der Waals surface area contributed by atoms with Crippen molar-refractivity contribution in [2.75, 3.05) is 0 Å². The molecule has 0 unspecified atom stereocenters. The molecule has 0 aromatic heterocycles. The van der Waals surface area contributed by atoms with Crippen LogP contribution in [0.1, 0.15) is 154 Å². The minimum atomic E-state index is 1.01. The van der Waals surface area contributed by atoms with Gasteiger partial charge in [0.1, 0.15) is 0 Å². The Hall–Kier alpha value is -6.76. The van der Waals surface area contributed by atoms with Crippen LogP contribution in [-0.4, -0.2) is 0 Å². The first-order valence-corrected chi connectivity index (χ1v) is 28.3. The lowest BCUT2D eigenvalue weighted by molar-refractivity contribution is 0.886. The van der Waals surface area contributed by atoms with Crippen LogP contribution in [0.5, 0.6) is 0 Å². The topological polar surface area (TPSA) is 0 Å². The van der Waals surface area contributed by atoms with Gasteiger partial charge in [-0.15, -0.1) is 0 Å². The van der Waals surface area contributed by atoms with Gasteiger partial charge in [0.2, 0.25) is 0 Å². The van der Waals surface area contributed by atoms with E-state index < -0.39 is 0 Å². The first-order valence-electron chi connectivity index (χ1n) is 28.3. The monoisotopic (exact) mass is 997 g/mol. The Morgan fingerprint density at radius 2 is 0.747 bits per heavy atom. The van der Waals surface area contributed by atoms with Gasteiger partial charge in [0.05, 0.1) is 0 Å². The maximum atomic E-state index is 2.35. The number of allylic oxidation sites excluding steroid dienone is 4. The van der Waals surface area contributed by atoms with Gasteiger partial charge in [-0.2, -0.15) is 0 Å². The van der Waals surface area contributed by atoms with Gasteiger partial charge < -0.3 is 0 Å². The molecule has 0 heteroatoms. The van der Waals surface area contributed by atoms with E-state index in [1.165, 1.54) is 138 Å². The molecule has 0 N–H and O–H groups in total. The molecule has 0 aliphatic heterocycles. The SMILES string of the molecule is C/C=C\C(C)=C(/CC)c1cccc(-c2ccc(C)cc2-c2cccc(-c3ccccc3C)c2C)c1C.CC.CCC.CCCC.CCCC.Cc1cccc(-c2ccccc2)c1.Cc1cccc(-c2ccccc2)c1. The van der Waals surface area contributed by atoms with E-state index >= 15 is 0 Å². The maximum Gasteiger partial charge on any atom is -0.00998 e. The van der Waals surface area contributed by atoms with Crippen molar-refractivity contribution in [2.45, 2.75) is 156 Å². The van der Waals surface area contributed by atoms with Crippen LogP contribution in [0.3, 0.4) is 0 Å². The predicted octanol–water partition coefficient (Wildman–Crippen LogP) is 24.1. The molecule has 0 aliphatic rings. The average Bonchev–Trinajstić information content (AvgIpc) is 3.44. The first kappa shape index (κ1) is 64.4. The van der Waals surface area contributed by atoms with E-state index in [0.717, 1.165) is 6.42 Å². The zero-order valence-electron chi connectivity index (χ0n) is 49.8. The molecule has 8 aromatic carbocycles. The van der Waals surface area contributed by atoms with E-state index in [2.05, 4.69) is 292 Å². The Morgan fingerprint density at radius 3 is 1.19 bits per heavy atom. The molecule has 0 bridgehead atoms. The summed E-state index contributed by atoms with van der Waals surface area (Å²) in [7, 11) is 0. The van der Waals surface area contributed by atoms with Gasteiger partial charge in [-0.05, 0) is 151 Å². The molecule has 0 aliphatic carbocycles. The number of hydrogen-bond donors (Lipinski definition) is 0. The number of benzene rings is 8. The number of hydrogen-bond acceptors (Lipinski definition) is 0. The highest BCUT2D eigenvalue weighted by atomic mass is 14.2. The van der Waals surface area contributed by atoms with Crippen LogP contribution < -0.4 is 0 Å². The molecule has 8 rings (SSSR count). The van der Waals surface area contributed by atoms with E-state index in [1.807, 2.05) is 26.0 Å². The molecule has 0 nitrogen and oxygen atoms in total. The Bertz CT molecular complexity index is 2780. The molecule has 396 valence electrons. The highest BCUT2D eigenvalue weighted by molar-refractivity contribution is 5.91. The minimum absolute atomic E-state index is 1.01. The van der Waals surface area contributed by atoms with E-state index in [4.69, 9.17) is 0 Å². The molecule has 0 spiro atoms. The molecule has 0 saturated heterocycles. The highest BCUT2D eigenvalue weighted by Gasteiger charge is 2.17. The first-order chi connectivity index (χ1) is 36.3. The molecule has 0 saturated carbocycles. The fourth-order valence-electron chi connectivity index (χ4n) is 8.41. The summed E-state index contributed by atoms with van der Waals surface area (Å²) in [5.74, 6) is 0. The average molecular weight is 998 g/mol. The molecule has 0 atom stereocenters. The quantitative estimate of drug-likeness (QED) is 0.120. The molecular weight excluding hydrogens is 901 g/mol. The lowest BCUT2D eigenvalue weighted by Crippen LogP contribution is -1.97. The van der Waals surface area contributed by atoms with Gasteiger partial charge in [0.25, 0.3) is 0 Å². The summed E-state index contributed by atoms with van der Waals surface area (Å²) in [5.41, 5.74) is 24.9. The van der Waals surface area contributed by atoms with Gasteiger partial charge in [-0.25, -0.2) is 0 Å². The molecule has 8 aromatic rings. The molecule has 0 heterocycles. The van der Waals surface area contributed by atoms with Crippen LogP contribution in [0.2, 0.25) is 0 Å². The molecular formula is C75H96. The van der Waals surface area contributed by atoms with Crippen LogP contribution in [0, 0.1) is 41.5 Å². The minimum Gasteiger partial charge on any atom is -0.0874 e. The summed E-state index contributed by atoms with van der Waals surface area (Å²) in [6.45, 7) is 36.7. The molecule has 0 amide bonds. The normalized spacial score (nSPS) is 10.4. The van der Waals surface area contributed by atoms with Crippen LogP contribution in [0.4, 0.5) is 0 Å². The van der Waals surface area contributed by atoms with Crippen molar-refractivity contribution in [3.63, 3.8) is 0 Å². The standard InChI is InChI=1S/C36H38.2C13H12.2C4H10.C3H8.C2H6/c1-8-14-25(4)29(9-2)31-17-12-19-33(27(31)6)35-22-21-24(3)23-36(35)34-20-13-18-32(28(34)7)30-16-11-10-15-26(30)5;2*1-11-6-5-9-13(10-11)12-7-3-2-4-8-12;2*1-3-4-2;1-3-2;1-2/h8,10-23H,9H2,1-7H3;2*2-10H,1H3;2*3-4H2,1-2H3;3H2,1-2H3;1-2H3/b14-8-,29-25+;;;;;;. The lowest BCUT2D eigenvalue weighted by atomic mass is 9.84. The van der Waals surface area contributed by atoms with Crippen molar-refractivity contribution in [2.24, 2.45) is 0 Å². The summed E-state index contributed by atoms with van der Waals surface area (Å²) >= 11 is 0. The van der Waals surface area contributed by atoms with E-state index in [0.29, 0.717) is 0 Å². The summed E-state index contributed by atoms with van der Waals surface area (Å²) in [6, 6.07) is 67.1. The zero-order chi connectivity index (χ0) is 55.5. The second-order valence-corrected chi connectivity index (χ2v) is 19.0. The number of aryl methyl sites for hydroxylation is 4. The Kier molecular flexibility index (Phi) is 31.8. The van der Waals surface area contributed by atoms with Crippen LogP contribution >= 0.6 is 0 Å². The summed E-state index contributed by atoms with van der Waals surface area (Å²) < 4.78 is 0. The van der Waals surface area contributed by atoms with Crippen molar-refractivity contribution in [3.05, 3.63) is 245 Å². The van der Waals surface area contributed by atoms with Gasteiger partial charge >= 0.3 is 0 Å². The van der Waals surface area contributed by atoms with Gasteiger partial charge in [-0.1, -0.05) is 311 Å². The molecule has 0 fully saturated rings. The van der Waals surface area contributed by atoms with Gasteiger partial charge in [0, 0.05) is 0 Å². The Morgan fingerprint density at radius 1 is 0.360 bits per heavy atom. The molecule has 75 heavy (non-hydrogen) atoms. The summed E-state index contributed by atoms with van der Waals surface area (Å²) in [6.07, 6.45) is 11.9. The van der Waals surface area contributed by atoms with Crippen molar-refractivity contribution >= 4 is 5.57 Å². The van der Waals surface area contributed by atoms with Crippen molar-refractivity contribution < 1.29 is 0 Å². The summed E-state index contributed by atoms with van der Waals surface area (Å²) in [5, 5.41) is 0. The van der Waals surface area contributed by atoms with Crippen LogP contribution in [0.25, 0.3) is 61.2 Å². The van der Waals surface area contributed by atoms with E-state index in [-0.39, 0.29) is 0 Å². The van der Waals surface area contributed by atoms with E-state index in [9.17, 15) is 0 Å². The summed E-state index contributed by atoms with van der Waals surface area (Å²) in [4.78, 5) is 0. The second kappa shape index (κ2) is 37.0. The number of unbranched alkanes of at least 4 members (excludes halogenated alkanes) is 2. The van der Waals surface area contributed by atoms with Crippen molar-refractivity contribution in [1.29, 1.82) is 0 Å². The Balaban J connectivity index is 0.000000400. The smallest absolute Gasteiger partial charge is 0.00998 e. The third-order valence-corrected chi connectivity index (χ3v) is 12.7. The van der Waals surface area contributed by atoms with Crippen LogP contribution in [-0.2, 0) is 0 Å². The molecule has 0 radical (unpaired) electrons. The maximum absolute atomic E-state index is 2.35. The van der Waals surface area contributed by atoms with Crippen LogP contribution in [0.15, 0.2) is 206 Å². The third-order valence-electron chi connectivity index (χ3n) is 12.7. The highest BCUT2D eigenvalue weighted by Crippen LogP contribution is 2.41. The lowest BCUT2D eigenvalue weighted by Gasteiger charge is -2.20. The number of rotatable bonds is 10. The van der Waals surface area contributed by atoms with Crippen molar-refractivity contribution in [1.82, 2.24) is 0 Å². The third kappa shape index (κ3) is 21.2. The zero-order valence-corrected chi connectivity index (χ0v) is 49.8. The predicted molar refractivity (Wildman–Crippen MR) is 341 cm³/mol. The van der Waals surface area contributed by atoms with Gasteiger partial charge in [-0.3, -0.25) is 0 Å².